The molecule has 0 atom stereocenters. The van der Waals surface area contributed by atoms with E-state index in [2.05, 4.69) is 26.9 Å². The van der Waals surface area contributed by atoms with Gasteiger partial charge in [0.15, 0.2) is 0 Å². The molecule has 0 radical (unpaired) electrons. The Morgan fingerprint density at radius 1 is 1.28 bits per heavy atom. The number of halogens is 1. The zero-order chi connectivity index (χ0) is 12.8. The highest BCUT2D eigenvalue weighted by atomic mass is 79.9. The van der Waals surface area contributed by atoms with Crippen LogP contribution in [0.1, 0.15) is 18.4 Å². The van der Waals surface area contributed by atoms with Crippen molar-refractivity contribution < 1.29 is 4.74 Å². The molecule has 0 unspecified atom stereocenters. The van der Waals surface area contributed by atoms with Crippen molar-refractivity contribution in [2.75, 3.05) is 32.8 Å². The van der Waals surface area contributed by atoms with Crippen LogP contribution in [-0.2, 0) is 6.42 Å². The van der Waals surface area contributed by atoms with Crippen LogP contribution in [0.4, 0.5) is 0 Å². The van der Waals surface area contributed by atoms with Crippen molar-refractivity contribution in [3.63, 3.8) is 0 Å². The second-order valence-electron chi connectivity index (χ2n) is 4.69. The lowest BCUT2D eigenvalue weighted by Crippen LogP contribution is -2.25. The van der Waals surface area contributed by atoms with Crippen LogP contribution < -0.4 is 10.5 Å². The van der Waals surface area contributed by atoms with Crippen LogP contribution in [0.15, 0.2) is 22.7 Å². The predicted molar refractivity (Wildman–Crippen MR) is 78.1 cm³/mol. The first-order valence-electron chi connectivity index (χ1n) is 6.63. The van der Waals surface area contributed by atoms with E-state index in [4.69, 9.17) is 10.5 Å². The van der Waals surface area contributed by atoms with E-state index in [0.29, 0.717) is 6.54 Å². The Bertz CT molecular complexity index is 378. The number of hydrogen-bond acceptors (Lipinski definition) is 3. The zero-order valence-corrected chi connectivity index (χ0v) is 12.3. The fraction of sp³-hybridized carbons (Fsp3) is 0.571. The van der Waals surface area contributed by atoms with Crippen LogP contribution in [0.5, 0.6) is 5.75 Å². The summed E-state index contributed by atoms with van der Waals surface area (Å²) < 4.78 is 6.92. The number of benzene rings is 1. The first-order chi connectivity index (χ1) is 8.79. The van der Waals surface area contributed by atoms with Gasteiger partial charge in [0.2, 0.25) is 0 Å². The van der Waals surface area contributed by atoms with Gasteiger partial charge in [-0.25, -0.2) is 0 Å². The largest absolute Gasteiger partial charge is 0.492 e. The summed E-state index contributed by atoms with van der Waals surface area (Å²) >= 11 is 3.53. The van der Waals surface area contributed by atoms with E-state index in [-0.39, 0.29) is 0 Å². The van der Waals surface area contributed by atoms with Gasteiger partial charge in [0.05, 0.1) is 0 Å². The minimum Gasteiger partial charge on any atom is -0.492 e. The van der Waals surface area contributed by atoms with E-state index in [0.717, 1.165) is 29.8 Å². The summed E-state index contributed by atoms with van der Waals surface area (Å²) in [5.41, 5.74) is 6.81. The van der Waals surface area contributed by atoms with Crippen LogP contribution in [0.25, 0.3) is 0 Å². The van der Waals surface area contributed by atoms with Crippen molar-refractivity contribution in [2.45, 2.75) is 19.3 Å². The van der Waals surface area contributed by atoms with E-state index in [9.17, 15) is 0 Å². The summed E-state index contributed by atoms with van der Waals surface area (Å²) in [6.07, 6.45) is 3.54. The molecule has 0 bridgehead atoms. The second kappa shape index (κ2) is 7.12. The van der Waals surface area contributed by atoms with Gasteiger partial charge in [-0.3, -0.25) is 4.90 Å². The molecular weight excluding hydrogens is 292 g/mol. The molecule has 0 amide bonds. The van der Waals surface area contributed by atoms with Crippen molar-refractivity contribution in [3.05, 3.63) is 28.2 Å². The lowest BCUT2D eigenvalue weighted by atomic mass is 10.1. The van der Waals surface area contributed by atoms with Gasteiger partial charge >= 0.3 is 0 Å². The van der Waals surface area contributed by atoms with Gasteiger partial charge in [0, 0.05) is 11.0 Å². The second-order valence-corrected chi connectivity index (χ2v) is 5.54. The monoisotopic (exact) mass is 312 g/mol. The van der Waals surface area contributed by atoms with E-state index in [1.165, 1.54) is 31.5 Å². The van der Waals surface area contributed by atoms with Gasteiger partial charge in [0.1, 0.15) is 12.4 Å². The molecule has 0 aliphatic carbocycles. The lowest BCUT2D eigenvalue weighted by molar-refractivity contribution is 0.237. The van der Waals surface area contributed by atoms with E-state index < -0.39 is 0 Å². The van der Waals surface area contributed by atoms with Crippen molar-refractivity contribution in [3.8, 4) is 5.75 Å². The third-order valence-electron chi connectivity index (χ3n) is 3.31. The summed E-state index contributed by atoms with van der Waals surface area (Å²) in [5.74, 6) is 0.945. The average Bonchev–Trinajstić information content (AvgIpc) is 2.87. The Morgan fingerprint density at radius 3 is 2.78 bits per heavy atom. The number of nitrogens with zero attached hydrogens (tertiary/aromatic N) is 1. The Balaban J connectivity index is 1.82. The molecule has 1 aliphatic rings. The third kappa shape index (κ3) is 3.97. The fourth-order valence-corrected chi connectivity index (χ4v) is 2.73. The van der Waals surface area contributed by atoms with E-state index in [1.54, 1.807) is 0 Å². The topological polar surface area (TPSA) is 38.5 Å². The number of likely N-dealkylation sites (tertiary alicyclic amines) is 1. The summed E-state index contributed by atoms with van der Waals surface area (Å²) in [5, 5.41) is 0. The first-order valence-corrected chi connectivity index (χ1v) is 7.42. The molecule has 1 fully saturated rings. The van der Waals surface area contributed by atoms with Crippen LogP contribution in [0.2, 0.25) is 0 Å². The minimum atomic E-state index is 0.663. The molecule has 100 valence electrons. The molecule has 4 heteroatoms. The Hall–Kier alpha value is -0.580. The Kier molecular flexibility index (Phi) is 5.47. The van der Waals surface area contributed by atoms with Gasteiger partial charge in [-0.1, -0.05) is 15.9 Å². The van der Waals surface area contributed by atoms with Gasteiger partial charge in [0.25, 0.3) is 0 Å². The maximum absolute atomic E-state index is 5.81. The van der Waals surface area contributed by atoms with Crippen LogP contribution in [0.3, 0.4) is 0 Å². The number of nitrogens with two attached hydrogens (primary N) is 1. The van der Waals surface area contributed by atoms with Crippen molar-refractivity contribution in [1.29, 1.82) is 0 Å². The number of rotatable bonds is 6. The molecule has 1 aliphatic heterocycles. The SMILES string of the molecule is NCCc1cc(OCCN2CCCC2)ccc1Br. The summed E-state index contributed by atoms with van der Waals surface area (Å²) in [6.45, 7) is 4.91. The van der Waals surface area contributed by atoms with Gasteiger partial charge in [-0.2, -0.15) is 0 Å². The maximum Gasteiger partial charge on any atom is 0.119 e. The number of ether oxygens (including phenoxy) is 1. The van der Waals surface area contributed by atoms with Crippen molar-refractivity contribution in [1.82, 2.24) is 4.90 Å². The van der Waals surface area contributed by atoms with Gasteiger partial charge < -0.3 is 10.5 Å². The standard InChI is InChI=1S/C14H21BrN2O/c15-14-4-3-13(11-12(14)5-6-16)18-10-9-17-7-1-2-8-17/h3-4,11H,1-2,5-10,16H2. The van der Waals surface area contributed by atoms with E-state index >= 15 is 0 Å². The van der Waals surface area contributed by atoms with Gasteiger partial charge in [-0.05, 0) is 62.7 Å². The molecule has 1 saturated heterocycles. The van der Waals surface area contributed by atoms with Crippen molar-refractivity contribution in [2.24, 2.45) is 5.73 Å². The highest BCUT2D eigenvalue weighted by Gasteiger charge is 2.10. The summed E-state index contributed by atoms with van der Waals surface area (Å²) in [7, 11) is 0. The minimum absolute atomic E-state index is 0.663. The molecule has 0 aromatic heterocycles. The van der Waals surface area contributed by atoms with Crippen LogP contribution in [0, 0.1) is 0 Å². The lowest BCUT2D eigenvalue weighted by Gasteiger charge is -2.15. The molecule has 1 aromatic rings. The molecule has 2 N–H and O–H groups in total. The van der Waals surface area contributed by atoms with E-state index in [1.807, 2.05) is 12.1 Å². The summed E-state index contributed by atoms with van der Waals surface area (Å²) in [6, 6.07) is 6.13. The highest BCUT2D eigenvalue weighted by molar-refractivity contribution is 9.10. The fourth-order valence-electron chi connectivity index (χ4n) is 2.29. The third-order valence-corrected chi connectivity index (χ3v) is 4.08. The smallest absolute Gasteiger partial charge is 0.119 e. The van der Waals surface area contributed by atoms with Crippen LogP contribution in [-0.4, -0.2) is 37.7 Å². The molecule has 18 heavy (non-hydrogen) atoms. The molecule has 1 aromatic carbocycles. The molecule has 0 saturated carbocycles. The van der Waals surface area contributed by atoms with Crippen molar-refractivity contribution >= 4 is 15.9 Å². The van der Waals surface area contributed by atoms with Gasteiger partial charge in [-0.15, -0.1) is 0 Å². The maximum atomic E-state index is 5.81. The average molecular weight is 313 g/mol. The molecule has 3 nitrogen and oxygen atoms in total. The number of hydrogen-bond donors (Lipinski definition) is 1. The Morgan fingerprint density at radius 2 is 2.06 bits per heavy atom. The highest BCUT2D eigenvalue weighted by Crippen LogP contribution is 2.23. The Labute approximate surface area is 117 Å². The molecule has 0 spiro atoms. The predicted octanol–water partition coefficient (Wildman–Crippen LogP) is 2.42. The first kappa shape index (κ1) is 13.8. The zero-order valence-electron chi connectivity index (χ0n) is 10.7. The molecule has 2 rings (SSSR count). The quantitative estimate of drug-likeness (QED) is 0.876. The summed E-state index contributed by atoms with van der Waals surface area (Å²) in [4.78, 5) is 2.46. The normalized spacial score (nSPS) is 16.1. The van der Waals surface area contributed by atoms with Crippen LogP contribution >= 0.6 is 15.9 Å². The molecule has 1 heterocycles. The molecular formula is C14H21BrN2O.